The average Bonchev–Trinajstić information content (AvgIpc) is 2.70. The molecule has 0 spiro atoms. The summed E-state index contributed by atoms with van der Waals surface area (Å²) in [7, 11) is 1.65. The first-order chi connectivity index (χ1) is 12.7. The molecule has 3 rings (SSSR count). The Hall–Kier alpha value is -1.79. The Labute approximate surface area is 155 Å². The van der Waals surface area contributed by atoms with Gasteiger partial charge in [0.15, 0.2) is 0 Å². The lowest BCUT2D eigenvalue weighted by Crippen LogP contribution is -2.43. The number of hydrogen-bond donors (Lipinski definition) is 0. The SMILES string of the molecule is COc1ccc(OC2CCN(C(=O)COC[C@H]3CCCCO3)CC2)cc1. The second kappa shape index (κ2) is 9.78. The highest BCUT2D eigenvalue weighted by atomic mass is 16.5. The van der Waals surface area contributed by atoms with Crippen LogP contribution in [0.3, 0.4) is 0 Å². The van der Waals surface area contributed by atoms with Crippen LogP contribution in [-0.4, -0.2) is 63.0 Å². The van der Waals surface area contributed by atoms with E-state index >= 15 is 0 Å². The highest BCUT2D eigenvalue weighted by Crippen LogP contribution is 2.22. The van der Waals surface area contributed by atoms with Gasteiger partial charge in [-0.1, -0.05) is 0 Å². The molecule has 2 saturated heterocycles. The number of nitrogens with zero attached hydrogens (tertiary/aromatic N) is 1. The van der Waals surface area contributed by atoms with Gasteiger partial charge in [-0.25, -0.2) is 0 Å². The molecular weight excluding hydrogens is 334 g/mol. The van der Waals surface area contributed by atoms with Gasteiger partial charge >= 0.3 is 0 Å². The van der Waals surface area contributed by atoms with Crippen molar-refractivity contribution in [3.8, 4) is 11.5 Å². The Morgan fingerprint density at radius 2 is 1.85 bits per heavy atom. The summed E-state index contributed by atoms with van der Waals surface area (Å²) in [5.74, 6) is 1.71. The fraction of sp³-hybridized carbons (Fsp3) is 0.650. The third-order valence-electron chi connectivity index (χ3n) is 4.96. The second-order valence-electron chi connectivity index (χ2n) is 6.88. The van der Waals surface area contributed by atoms with Crippen molar-refractivity contribution in [3.05, 3.63) is 24.3 Å². The Morgan fingerprint density at radius 1 is 1.12 bits per heavy atom. The van der Waals surface area contributed by atoms with Crippen LogP contribution in [-0.2, 0) is 14.3 Å². The molecule has 2 heterocycles. The topological polar surface area (TPSA) is 57.2 Å². The van der Waals surface area contributed by atoms with Crippen LogP contribution in [0.1, 0.15) is 32.1 Å². The maximum Gasteiger partial charge on any atom is 0.248 e. The summed E-state index contributed by atoms with van der Waals surface area (Å²) in [5.41, 5.74) is 0. The molecule has 2 aliphatic rings. The molecule has 26 heavy (non-hydrogen) atoms. The second-order valence-corrected chi connectivity index (χ2v) is 6.88. The van der Waals surface area contributed by atoms with Gasteiger partial charge in [0.2, 0.25) is 5.91 Å². The zero-order valence-electron chi connectivity index (χ0n) is 15.5. The Kier molecular flexibility index (Phi) is 7.14. The first-order valence-electron chi connectivity index (χ1n) is 9.52. The molecule has 1 aromatic rings. The molecule has 6 nitrogen and oxygen atoms in total. The molecule has 0 aliphatic carbocycles. The molecule has 2 aliphatic heterocycles. The third-order valence-corrected chi connectivity index (χ3v) is 4.96. The van der Waals surface area contributed by atoms with Gasteiger partial charge in [0, 0.05) is 32.5 Å². The zero-order chi connectivity index (χ0) is 18.2. The van der Waals surface area contributed by atoms with Gasteiger partial charge in [0.25, 0.3) is 0 Å². The van der Waals surface area contributed by atoms with Crippen LogP contribution in [0, 0.1) is 0 Å². The first kappa shape index (κ1) is 19.0. The minimum atomic E-state index is 0.0590. The van der Waals surface area contributed by atoms with Crippen LogP contribution in [0.5, 0.6) is 11.5 Å². The number of methoxy groups -OCH3 is 1. The average molecular weight is 363 g/mol. The van der Waals surface area contributed by atoms with E-state index in [0.717, 1.165) is 43.8 Å². The van der Waals surface area contributed by atoms with Crippen molar-refractivity contribution >= 4 is 5.91 Å². The smallest absolute Gasteiger partial charge is 0.248 e. The summed E-state index contributed by atoms with van der Waals surface area (Å²) >= 11 is 0. The molecular formula is C20H29NO5. The van der Waals surface area contributed by atoms with E-state index in [1.54, 1.807) is 7.11 Å². The molecule has 144 valence electrons. The fourth-order valence-electron chi connectivity index (χ4n) is 3.38. The van der Waals surface area contributed by atoms with Crippen molar-refractivity contribution in [3.63, 3.8) is 0 Å². The summed E-state index contributed by atoms with van der Waals surface area (Å²) in [6, 6.07) is 7.61. The van der Waals surface area contributed by atoms with Crippen LogP contribution in [0.2, 0.25) is 0 Å². The molecule has 2 fully saturated rings. The number of piperidine rings is 1. The number of benzene rings is 1. The molecule has 0 N–H and O–H groups in total. The molecule has 0 radical (unpaired) electrons. The summed E-state index contributed by atoms with van der Waals surface area (Å²) in [5, 5.41) is 0. The van der Waals surface area contributed by atoms with Crippen LogP contribution in [0.15, 0.2) is 24.3 Å². The molecule has 0 bridgehead atoms. The lowest BCUT2D eigenvalue weighted by atomic mass is 10.1. The lowest BCUT2D eigenvalue weighted by molar-refractivity contribution is -0.140. The molecule has 0 unspecified atom stereocenters. The summed E-state index contributed by atoms with van der Waals surface area (Å²) in [6.07, 6.45) is 5.31. The van der Waals surface area contributed by atoms with Gasteiger partial charge in [0.1, 0.15) is 24.2 Å². The zero-order valence-corrected chi connectivity index (χ0v) is 15.5. The Morgan fingerprint density at radius 3 is 2.50 bits per heavy atom. The number of likely N-dealkylation sites (tertiary alicyclic amines) is 1. The third kappa shape index (κ3) is 5.61. The quantitative estimate of drug-likeness (QED) is 0.745. The molecule has 1 aromatic carbocycles. The van der Waals surface area contributed by atoms with E-state index in [9.17, 15) is 4.79 Å². The lowest BCUT2D eigenvalue weighted by Gasteiger charge is -2.32. The van der Waals surface area contributed by atoms with Crippen molar-refractivity contribution in [2.24, 2.45) is 0 Å². The van der Waals surface area contributed by atoms with Crippen LogP contribution in [0.25, 0.3) is 0 Å². The van der Waals surface area contributed by atoms with Gasteiger partial charge in [0.05, 0.1) is 19.8 Å². The molecule has 0 saturated carbocycles. The van der Waals surface area contributed by atoms with Crippen molar-refractivity contribution in [1.82, 2.24) is 4.90 Å². The minimum absolute atomic E-state index is 0.0590. The van der Waals surface area contributed by atoms with E-state index in [1.807, 2.05) is 29.2 Å². The predicted molar refractivity (Wildman–Crippen MR) is 97.6 cm³/mol. The highest BCUT2D eigenvalue weighted by molar-refractivity contribution is 5.77. The summed E-state index contributed by atoms with van der Waals surface area (Å²) in [6.45, 7) is 2.89. The Balaban J connectivity index is 1.33. The molecule has 6 heteroatoms. The normalized spacial score (nSPS) is 21.4. The Bertz CT molecular complexity index is 548. The first-order valence-corrected chi connectivity index (χ1v) is 9.52. The standard InChI is InChI=1S/C20H29NO5/c1-23-16-5-7-17(8-6-16)26-18-9-11-21(12-10-18)20(22)15-24-14-19-4-2-3-13-25-19/h5-8,18-19H,2-4,9-15H2,1H3/t19-/m1/s1. The van der Waals surface area contributed by atoms with Gasteiger partial charge in [-0.2, -0.15) is 0 Å². The summed E-state index contributed by atoms with van der Waals surface area (Å²) in [4.78, 5) is 14.2. The predicted octanol–water partition coefficient (Wildman–Crippen LogP) is 2.65. The highest BCUT2D eigenvalue weighted by Gasteiger charge is 2.24. The monoisotopic (exact) mass is 363 g/mol. The maximum atomic E-state index is 12.3. The van der Waals surface area contributed by atoms with Crippen LogP contribution >= 0.6 is 0 Å². The van der Waals surface area contributed by atoms with E-state index < -0.39 is 0 Å². The van der Waals surface area contributed by atoms with Crippen molar-refractivity contribution < 1.29 is 23.7 Å². The van der Waals surface area contributed by atoms with Gasteiger partial charge < -0.3 is 23.8 Å². The fourth-order valence-corrected chi connectivity index (χ4v) is 3.38. The molecule has 1 amide bonds. The number of rotatable bonds is 7. The molecule has 1 atom stereocenters. The van der Waals surface area contributed by atoms with E-state index in [4.69, 9.17) is 18.9 Å². The van der Waals surface area contributed by atoms with Crippen LogP contribution < -0.4 is 9.47 Å². The summed E-state index contributed by atoms with van der Waals surface area (Å²) < 4.78 is 22.3. The maximum absolute atomic E-state index is 12.3. The number of amides is 1. The van der Waals surface area contributed by atoms with E-state index in [-0.39, 0.29) is 24.7 Å². The van der Waals surface area contributed by atoms with Gasteiger partial charge in [-0.3, -0.25) is 4.79 Å². The minimum Gasteiger partial charge on any atom is -0.497 e. The number of hydrogen-bond acceptors (Lipinski definition) is 5. The van der Waals surface area contributed by atoms with Crippen molar-refractivity contribution in [2.45, 2.75) is 44.3 Å². The largest absolute Gasteiger partial charge is 0.497 e. The number of ether oxygens (including phenoxy) is 4. The number of carbonyl (C=O) groups excluding carboxylic acids is 1. The van der Waals surface area contributed by atoms with E-state index in [2.05, 4.69) is 0 Å². The van der Waals surface area contributed by atoms with E-state index in [0.29, 0.717) is 19.7 Å². The van der Waals surface area contributed by atoms with Crippen LogP contribution in [0.4, 0.5) is 0 Å². The van der Waals surface area contributed by atoms with Crippen molar-refractivity contribution in [1.29, 1.82) is 0 Å². The molecule has 0 aromatic heterocycles. The van der Waals surface area contributed by atoms with Gasteiger partial charge in [-0.15, -0.1) is 0 Å². The van der Waals surface area contributed by atoms with Crippen molar-refractivity contribution in [2.75, 3.05) is 40.0 Å². The number of carbonyl (C=O) groups is 1. The van der Waals surface area contributed by atoms with Gasteiger partial charge in [-0.05, 0) is 43.5 Å². The van der Waals surface area contributed by atoms with E-state index in [1.165, 1.54) is 6.42 Å².